The van der Waals surface area contributed by atoms with Crippen LogP contribution in [0.3, 0.4) is 0 Å². The first-order chi connectivity index (χ1) is 8.81. The van der Waals surface area contributed by atoms with Gasteiger partial charge < -0.3 is 10.5 Å². The zero-order chi connectivity index (χ0) is 12.5. The number of aromatic nitrogens is 2. The van der Waals surface area contributed by atoms with Crippen molar-refractivity contribution in [1.82, 2.24) is 8.75 Å². The van der Waals surface area contributed by atoms with Gasteiger partial charge in [0.25, 0.3) is 0 Å². The normalized spacial score (nSPS) is 10.7. The van der Waals surface area contributed by atoms with E-state index in [2.05, 4.69) is 26.3 Å². The fourth-order valence-electron chi connectivity index (χ4n) is 1.97. The number of nitrogens with two attached hydrogens (primary N) is 1. The first kappa shape index (κ1) is 11.3. The van der Waals surface area contributed by atoms with Gasteiger partial charge in [0.2, 0.25) is 0 Å². The fraction of sp³-hybridized carbons (Fsp3) is 0. The highest BCUT2D eigenvalue weighted by Crippen LogP contribution is 2.39. The third-order valence-corrected chi connectivity index (χ3v) is 3.52. The molecule has 2 aromatic carbocycles. The topological polar surface area (TPSA) is 63.8 Å². The molecule has 1 aromatic heterocycles. The van der Waals surface area contributed by atoms with E-state index in [0.717, 1.165) is 27.8 Å². The number of benzene rings is 2. The summed E-state index contributed by atoms with van der Waals surface area (Å²) in [6.07, 6.45) is 0. The molecule has 0 saturated carbocycles. The second-order valence-corrected chi connectivity index (χ2v) is 4.58. The summed E-state index contributed by atoms with van der Waals surface area (Å²) in [5, 5.41) is 0. The van der Waals surface area contributed by atoms with Gasteiger partial charge in [0.1, 0.15) is 11.0 Å². The summed E-state index contributed by atoms with van der Waals surface area (Å²) in [7, 11) is 0. The van der Waals surface area contributed by atoms with Gasteiger partial charge in [-0.25, -0.2) is 0 Å². The summed E-state index contributed by atoms with van der Waals surface area (Å²) in [4.78, 5) is 0. The van der Waals surface area contributed by atoms with Gasteiger partial charge in [0.05, 0.1) is 17.4 Å². The molecule has 0 unspecified atom stereocenters. The fourth-order valence-corrected chi connectivity index (χ4v) is 2.72. The summed E-state index contributed by atoms with van der Waals surface area (Å²) in [5.41, 5.74) is 11.1. The lowest BCUT2D eigenvalue weighted by atomic mass is 10.0. The average Bonchev–Trinajstić information content (AvgIpc) is 2.85. The number of thiol groups is 1. The second kappa shape index (κ2) is 4.47. The molecule has 3 rings (SSSR count). The number of nitrogens with zero attached hydrogens (tertiary/aromatic N) is 2. The van der Waals surface area contributed by atoms with E-state index >= 15 is 0 Å². The van der Waals surface area contributed by atoms with E-state index in [9.17, 15) is 0 Å². The van der Waals surface area contributed by atoms with Gasteiger partial charge in [-0.2, -0.15) is 8.75 Å². The Morgan fingerprint density at radius 2 is 1.94 bits per heavy atom. The molecule has 0 aliphatic rings. The molecule has 6 heteroatoms. The summed E-state index contributed by atoms with van der Waals surface area (Å²) in [6.45, 7) is 0. The summed E-state index contributed by atoms with van der Waals surface area (Å²) < 4.78 is 11.4. The lowest BCUT2D eigenvalue weighted by molar-refractivity contribution is 1.59. The summed E-state index contributed by atoms with van der Waals surface area (Å²) >= 11 is 5.33. The highest BCUT2D eigenvalue weighted by Gasteiger charge is 2.15. The molecule has 3 aromatic rings. The Kier molecular flexibility index (Phi) is 2.81. The molecule has 0 bridgehead atoms. The van der Waals surface area contributed by atoms with Gasteiger partial charge >= 0.3 is 0 Å². The molecular weight excluding hydrogens is 264 g/mol. The third kappa shape index (κ3) is 1.70. The number of hydrogen-bond acceptors (Lipinski definition) is 6. The molecule has 0 fully saturated rings. The van der Waals surface area contributed by atoms with Crippen molar-refractivity contribution in [2.45, 2.75) is 0 Å². The Labute approximate surface area is 114 Å². The van der Waals surface area contributed by atoms with Gasteiger partial charge in [-0.15, -0.1) is 0 Å². The van der Waals surface area contributed by atoms with Crippen molar-refractivity contribution in [3.63, 3.8) is 0 Å². The van der Waals surface area contributed by atoms with E-state index in [1.54, 1.807) is 0 Å². The Morgan fingerprint density at radius 1 is 1.17 bits per heavy atom. The molecular formula is C12H10N4S2. The van der Waals surface area contributed by atoms with Crippen molar-refractivity contribution in [3.05, 3.63) is 36.4 Å². The smallest absolute Gasteiger partial charge is 0.129 e. The SMILES string of the molecule is Nc1cc2nsnc2c(NS)c1-c1ccccc1. The maximum absolute atomic E-state index is 6.12. The van der Waals surface area contributed by atoms with Gasteiger partial charge in [-0.05, 0) is 11.6 Å². The van der Waals surface area contributed by atoms with Gasteiger partial charge in [0, 0.05) is 11.3 Å². The molecule has 1 heterocycles. The van der Waals surface area contributed by atoms with Gasteiger partial charge in [-0.3, -0.25) is 0 Å². The average molecular weight is 274 g/mol. The van der Waals surface area contributed by atoms with Crippen molar-refractivity contribution < 1.29 is 0 Å². The van der Waals surface area contributed by atoms with Crippen LogP contribution in [-0.2, 0) is 0 Å². The summed E-state index contributed by atoms with van der Waals surface area (Å²) in [6, 6.07) is 11.8. The molecule has 0 amide bonds. The lowest BCUT2D eigenvalue weighted by Crippen LogP contribution is -1.96. The van der Waals surface area contributed by atoms with Crippen LogP contribution in [0.2, 0.25) is 0 Å². The van der Waals surface area contributed by atoms with Crippen LogP contribution in [0.15, 0.2) is 36.4 Å². The molecule has 18 heavy (non-hydrogen) atoms. The predicted octanol–water partition coefficient (Wildman–Crippen LogP) is 3.20. The van der Waals surface area contributed by atoms with Crippen molar-refractivity contribution in [3.8, 4) is 11.1 Å². The molecule has 0 atom stereocenters. The van der Waals surface area contributed by atoms with Gasteiger partial charge in [0.15, 0.2) is 0 Å². The number of nitrogens with one attached hydrogen (secondary N) is 1. The second-order valence-electron chi connectivity index (χ2n) is 3.83. The summed E-state index contributed by atoms with van der Waals surface area (Å²) in [5.74, 6) is 0. The van der Waals surface area contributed by atoms with Crippen LogP contribution in [0.5, 0.6) is 0 Å². The maximum atomic E-state index is 6.12. The van der Waals surface area contributed by atoms with Crippen molar-refractivity contribution >= 4 is 47.0 Å². The molecule has 90 valence electrons. The van der Waals surface area contributed by atoms with Crippen LogP contribution in [0.25, 0.3) is 22.2 Å². The Bertz CT molecular complexity index is 694. The van der Waals surface area contributed by atoms with Crippen LogP contribution < -0.4 is 10.5 Å². The molecule has 3 N–H and O–H groups in total. The quantitative estimate of drug-likeness (QED) is 0.496. The van der Waals surface area contributed by atoms with E-state index in [0.29, 0.717) is 5.69 Å². The zero-order valence-corrected chi connectivity index (χ0v) is 11.0. The lowest BCUT2D eigenvalue weighted by Gasteiger charge is -2.12. The standard InChI is InChI=1S/C12H10N4S2/c13-8-6-9-11(16-18-15-9)12(14-17)10(8)7-4-2-1-3-5-7/h1-6,14,17H,13H2. The molecule has 0 aliphatic carbocycles. The van der Waals surface area contributed by atoms with Crippen molar-refractivity contribution in [2.24, 2.45) is 0 Å². The molecule has 4 nitrogen and oxygen atoms in total. The monoisotopic (exact) mass is 274 g/mol. The van der Waals surface area contributed by atoms with Crippen molar-refractivity contribution in [1.29, 1.82) is 0 Å². The number of nitrogen functional groups attached to an aromatic ring is 1. The van der Waals surface area contributed by atoms with E-state index in [4.69, 9.17) is 5.73 Å². The number of anilines is 2. The minimum Gasteiger partial charge on any atom is -0.398 e. The van der Waals surface area contributed by atoms with Crippen LogP contribution in [-0.4, -0.2) is 8.75 Å². The van der Waals surface area contributed by atoms with E-state index in [-0.39, 0.29) is 0 Å². The number of fused-ring (bicyclic) bond motifs is 1. The third-order valence-electron chi connectivity index (χ3n) is 2.76. The number of rotatable bonds is 2. The van der Waals surface area contributed by atoms with Crippen molar-refractivity contribution in [2.75, 3.05) is 10.5 Å². The highest BCUT2D eigenvalue weighted by molar-refractivity contribution is 7.81. The minimum absolute atomic E-state index is 0.665. The highest BCUT2D eigenvalue weighted by atomic mass is 32.1. The molecule has 0 spiro atoms. The minimum atomic E-state index is 0.665. The predicted molar refractivity (Wildman–Crippen MR) is 79.9 cm³/mol. The Balaban J connectivity index is 2.37. The van der Waals surface area contributed by atoms with Crippen LogP contribution in [0.4, 0.5) is 11.4 Å². The zero-order valence-electron chi connectivity index (χ0n) is 9.29. The Hall–Kier alpha value is -1.79. The number of hydrogen-bond donors (Lipinski definition) is 3. The largest absolute Gasteiger partial charge is 0.398 e. The molecule has 0 radical (unpaired) electrons. The van der Waals surface area contributed by atoms with Crippen LogP contribution in [0, 0.1) is 0 Å². The van der Waals surface area contributed by atoms with Gasteiger partial charge in [-0.1, -0.05) is 43.1 Å². The van der Waals surface area contributed by atoms with E-state index < -0.39 is 0 Å². The van der Waals surface area contributed by atoms with E-state index in [1.807, 2.05) is 36.4 Å². The van der Waals surface area contributed by atoms with E-state index in [1.165, 1.54) is 11.7 Å². The first-order valence-corrected chi connectivity index (χ1v) is 6.49. The Morgan fingerprint density at radius 3 is 2.67 bits per heavy atom. The first-order valence-electron chi connectivity index (χ1n) is 5.31. The van der Waals surface area contributed by atoms with Crippen LogP contribution >= 0.6 is 24.5 Å². The van der Waals surface area contributed by atoms with Crippen LogP contribution in [0.1, 0.15) is 0 Å². The molecule has 0 saturated heterocycles. The molecule has 0 aliphatic heterocycles. The maximum Gasteiger partial charge on any atom is 0.129 e.